The van der Waals surface area contributed by atoms with Gasteiger partial charge in [0.25, 0.3) is 5.91 Å². The van der Waals surface area contributed by atoms with Crippen LogP contribution >= 0.6 is 11.6 Å². The SMILES string of the molecule is CC(=O)Nc1ccc(NC(=O)[C@H](C)OC(=O)c2cc(Cl)nc3ccccc23)cc1. The largest absolute Gasteiger partial charge is 0.449 e. The van der Waals surface area contributed by atoms with E-state index in [1.807, 2.05) is 0 Å². The molecule has 0 spiro atoms. The second kappa shape index (κ2) is 8.70. The fraction of sp³-hybridized carbons (Fsp3) is 0.143. The van der Waals surface area contributed by atoms with Crippen molar-refractivity contribution < 1.29 is 19.1 Å². The van der Waals surface area contributed by atoms with Crippen LogP contribution < -0.4 is 10.6 Å². The van der Waals surface area contributed by atoms with E-state index in [1.165, 1.54) is 19.9 Å². The van der Waals surface area contributed by atoms with Crippen LogP contribution in [-0.4, -0.2) is 28.9 Å². The maximum absolute atomic E-state index is 12.6. The van der Waals surface area contributed by atoms with Crippen molar-refractivity contribution in [1.29, 1.82) is 0 Å². The molecular weight excluding hydrogens is 394 g/mol. The number of aromatic nitrogens is 1. The summed E-state index contributed by atoms with van der Waals surface area (Å²) < 4.78 is 5.32. The first-order chi connectivity index (χ1) is 13.8. The highest BCUT2D eigenvalue weighted by Gasteiger charge is 2.21. The summed E-state index contributed by atoms with van der Waals surface area (Å²) in [4.78, 5) is 40.2. The number of nitrogens with one attached hydrogen (secondary N) is 2. The van der Waals surface area contributed by atoms with Gasteiger partial charge in [-0.2, -0.15) is 0 Å². The van der Waals surface area contributed by atoms with E-state index in [9.17, 15) is 14.4 Å². The highest BCUT2D eigenvalue weighted by atomic mass is 35.5. The predicted molar refractivity (Wildman–Crippen MR) is 111 cm³/mol. The lowest BCUT2D eigenvalue weighted by atomic mass is 10.1. The molecule has 8 heteroatoms. The monoisotopic (exact) mass is 411 g/mol. The molecule has 0 unspecified atom stereocenters. The molecule has 0 radical (unpaired) electrons. The summed E-state index contributed by atoms with van der Waals surface area (Å²) in [6.45, 7) is 2.88. The third kappa shape index (κ3) is 5.08. The number of fused-ring (bicyclic) bond motifs is 1. The summed E-state index contributed by atoms with van der Waals surface area (Å²) in [5.74, 6) is -1.35. The number of para-hydroxylation sites is 1. The fourth-order valence-electron chi connectivity index (χ4n) is 2.67. The zero-order valence-electron chi connectivity index (χ0n) is 15.7. The van der Waals surface area contributed by atoms with E-state index in [-0.39, 0.29) is 16.6 Å². The van der Waals surface area contributed by atoms with Crippen LogP contribution in [0.25, 0.3) is 10.9 Å². The molecule has 3 rings (SSSR count). The summed E-state index contributed by atoms with van der Waals surface area (Å²) in [5, 5.41) is 6.04. The average molecular weight is 412 g/mol. The lowest BCUT2D eigenvalue weighted by molar-refractivity contribution is -0.123. The molecule has 1 heterocycles. The number of nitrogens with zero attached hydrogens (tertiary/aromatic N) is 1. The number of amides is 2. The number of halogens is 1. The highest BCUT2D eigenvalue weighted by Crippen LogP contribution is 2.22. The molecule has 2 aromatic carbocycles. The van der Waals surface area contributed by atoms with E-state index in [0.29, 0.717) is 22.3 Å². The average Bonchev–Trinajstić information content (AvgIpc) is 2.68. The maximum atomic E-state index is 12.6. The van der Waals surface area contributed by atoms with Crippen molar-refractivity contribution in [1.82, 2.24) is 4.98 Å². The minimum Gasteiger partial charge on any atom is -0.449 e. The van der Waals surface area contributed by atoms with Crippen LogP contribution in [0.4, 0.5) is 11.4 Å². The molecule has 1 aromatic heterocycles. The summed E-state index contributed by atoms with van der Waals surface area (Å²) in [6, 6.07) is 15.0. The number of carbonyl (C=O) groups excluding carboxylic acids is 3. The van der Waals surface area contributed by atoms with Gasteiger partial charge >= 0.3 is 5.97 Å². The van der Waals surface area contributed by atoms with E-state index >= 15 is 0 Å². The maximum Gasteiger partial charge on any atom is 0.339 e. The Morgan fingerprint density at radius 2 is 1.62 bits per heavy atom. The molecule has 0 bridgehead atoms. The van der Waals surface area contributed by atoms with Gasteiger partial charge in [0.2, 0.25) is 5.91 Å². The predicted octanol–water partition coefficient (Wildman–Crippen LogP) is 4.03. The van der Waals surface area contributed by atoms with E-state index < -0.39 is 18.0 Å². The smallest absolute Gasteiger partial charge is 0.339 e. The van der Waals surface area contributed by atoms with Crippen molar-refractivity contribution in [3.05, 3.63) is 65.3 Å². The van der Waals surface area contributed by atoms with Crippen molar-refractivity contribution in [2.75, 3.05) is 10.6 Å². The first-order valence-corrected chi connectivity index (χ1v) is 9.16. The first kappa shape index (κ1) is 20.3. The number of pyridine rings is 1. The van der Waals surface area contributed by atoms with Crippen LogP contribution in [0.3, 0.4) is 0 Å². The zero-order chi connectivity index (χ0) is 21.0. The van der Waals surface area contributed by atoms with Crippen LogP contribution in [0.2, 0.25) is 5.15 Å². The molecular formula is C21H18ClN3O4. The highest BCUT2D eigenvalue weighted by molar-refractivity contribution is 6.30. The number of hydrogen-bond acceptors (Lipinski definition) is 5. The number of benzene rings is 2. The number of hydrogen-bond donors (Lipinski definition) is 2. The fourth-order valence-corrected chi connectivity index (χ4v) is 2.87. The van der Waals surface area contributed by atoms with Crippen molar-refractivity contribution >= 4 is 51.7 Å². The van der Waals surface area contributed by atoms with Crippen LogP contribution in [0.1, 0.15) is 24.2 Å². The Hall–Kier alpha value is -3.45. The van der Waals surface area contributed by atoms with Crippen molar-refractivity contribution in [3.63, 3.8) is 0 Å². The molecule has 29 heavy (non-hydrogen) atoms. The van der Waals surface area contributed by atoms with Gasteiger partial charge in [0.05, 0.1) is 11.1 Å². The molecule has 0 aliphatic carbocycles. The van der Waals surface area contributed by atoms with E-state index in [0.717, 1.165) is 0 Å². The second-order valence-electron chi connectivity index (χ2n) is 6.31. The summed E-state index contributed by atoms with van der Waals surface area (Å²) in [6.07, 6.45) is -1.04. The zero-order valence-corrected chi connectivity index (χ0v) is 16.5. The Morgan fingerprint density at radius 3 is 2.28 bits per heavy atom. The number of rotatable bonds is 5. The Balaban J connectivity index is 1.68. The molecule has 0 aliphatic heterocycles. The normalized spacial score (nSPS) is 11.6. The molecule has 3 aromatic rings. The molecule has 0 saturated heterocycles. The van der Waals surface area contributed by atoms with Crippen LogP contribution in [-0.2, 0) is 14.3 Å². The first-order valence-electron chi connectivity index (χ1n) is 8.78. The number of ether oxygens (including phenoxy) is 1. The number of carbonyl (C=O) groups is 3. The van der Waals surface area contributed by atoms with Crippen LogP contribution in [0, 0.1) is 0 Å². The minimum atomic E-state index is -1.04. The van der Waals surface area contributed by atoms with E-state index in [1.54, 1.807) is 48.5 Å². The van der Waals surface area contributed by atoms with Gasteiger partial charge in [0.1, 0.15) is 5.15 Å². The Labute approximate surface area is 172 Å². The third-order valence-electron chi connectivity index (χ3n) is 4.03. The van der Waals surface area contributed by atoms with E-state index in [4.69, 9.17) is 16.3 Å². The standard InChI is InChI=1S/C21H18ClN3O4/c1-12(20(27)24-15-9-7-14(8-10-15)23-13(2)26)29-21(28)17-11-19(22)25-18-6-4-3-5-16(17)18/h3-12H,1-2H3,(H,23,26)(H,24,27)/t12-/m0/s1. The topological polar surface area (TPSA) is 97.4 Å². The number of esters is 1. The van der Waals surface area contributed by atoms with Gasteiger partial charge in [-0.3, -0.25) is 9.59 Å². The Morgan fingerprint density at radius 1 is 1.00 bits per heavy atom. The van der Waals surface area contributed by atoms with Gasteiger partial charge in [-0.05, 0) is 43.3 Å². The van der Waals surface area contributed by atoms with Gasteiger partial charge < -0.3 is 15.4 Å². The van der Waals surface area contributed by atoms with Gasteiger partial charge in [-0.25, -0.2) is 9.78 Å². The van der Waals surface area contributed by atoms with Crippen molar-refractivity contribution in [3.8, 4) is 0 Å². The van der Waals surface area contributed by atoms with Gasteiger partial charge in [0.15, 0.2) is 6.10 Å². The van der Waals surface area contributed by atoms with Crippen LogP contribution in [0.5, 0.6) is 0 Å². The third-order valence-corrected chi connectivity index (χ3v) is 4.22. The lowest BCUT2D eigenvalue weighted by Crippen LogP contribution is -2.30. The Bertz CT molecular complexity index is 1080. The molecule has 0 fully saturated rings. The van der Waals surface area contributed by atoms with E-state index in [2.05, 4.69) is 15.6 Å². The summed E-state index contributed by atoms with van der Waals surface area (Å²) >= 11 is 5.99. The minimum absolute atomic E-state index is 0.159. The summed E-state index contributed by atoms with van der Waals surface area (Å²) in [5.41, 5.74) is 1.91. The quantitative estimate of drug-likeness (QED) is 0.488. The molecule has 0 saturated carbocycles. The molecule has 1 atom stereocenters. The molecule has 148 valence electrons. The van der Waals surface area contributed by atoms with Crippen molar-refractivity contribution in [2.45, 2.75) is 20.0 Å². The molecule has 2 N–H and O–H groups in total. The van der Waals surface area contributed by atoms with Gasteiger partial charge in [-0.1, -0.05) is 29.8 Å². The molecule has 7 nitrogen and oxygen atoms in total. The van der Waals surface area contributed by atoms with Crippen molar-refractivity contribution in [2.24, 2.45) is 0 Å². The molecule has 2 amide bonds. The Kier molecular flexibility index (Phi) is 6.09. The number of anilines is 2. The second-order valence-corrected chi connectivity index (χ2v) is 6.69. The molecule has 0 aliphatic rings. The van der Waals surface area contributed by atoms with Gasteiger partial charge in [-0.15, -0.1) is 0 Å². The summed E-state index contributed by atoms with van der Waals surface area (Å²) in [7, 11) is 0. The van der Waals surface area contributed by atoms with Gasteiger partial charge in [0, 0.05) is 23.7 Å². The lowest BCUT2D eigenvalue weighted by Gasteiger charge is -2.15. The van der Waals surface area contributed by atoms with Crippen LogP contribution in [0.15, 0.2) is 54.6 Å².